The summed E-state index contributed by atoms with van der Waals surface area (Å²) in [6.45, 7) is 0. The molecule has 0 aliphatic carbocycles. The number of hydrogen-bond donors (Lipinski definition) is 1. The SMILES string of the molecule is COc1ccc(C(=O)Oc2ccc(C=NNC(=O)c3ccccc3Br)cc2)cc1. The van der Waals surface area contributed by atoms with Crippen LogP contribution in [0.4, 0.5) is 0 Å². The van der Waals surface area contributed by atoms with Gasteiger partial charge in [0, 0.05) is 4.47 Å². The maximum Gasteiger partial charge on any atom is 0.343 e. The van der Waals surface area contributed by atoms with Crippen LogP contribution in [-0.2, 0) is 0 Å². The molecule has 0 spiro atoms. The molecular formula is C22H17BrN2O4. The van der Waals surface area contributed by atoms with E-state index in [2.05, 4.69) is 26.5 Å². The lowest BCUT2D eigenvalue weighted by atomic mass is 10.2. The van der Waals surface area contributed by atoms with Gasteiger partial charge in [0.25, 0.3) is 5.91 Å². The fraction of sp³-hybridized carbons (Fsp3) is 0.0455. The monoisotopic (exact) mass is 452 g/mol. The van der Waals surface area contributed by atoms with E-state index in [0.717, 1.165) is 5.56 Å². The van der Waals surface area contributed by atoms with E-state index in [1.165, 1.54) is 6.21 Å². The lowest BCUT2D eigenvalue weighted by Crippen LogP contribution is -2.18. The van der Waals surface area contributed by atoms with Crippen LogP contribution in [0, 0.1) is 0 Å². The number of nitrogens with zero attached hydrogens (tertiary/aromatic N) is 1. The molecular weight excluding hydrogens is 436 g/mol. The molecule has 3 aromatic rings. The van der Waals surface area contributed by atoms with Crippen molar-refractivity contribution in [2.45, 2.75) is 0 Å². The molecule has 0 heterocycles. The lowest BCUT2D eigenvalue weighted by Gasteiger charge is -2.05. The highest BCUT2D eigenvalue weighted by Gasteiger charge is 2.09. The fourth-order valence-corrected chi connectivity index (χ4v) is 2.85. The van der Waals surface area contributed by atoms with Gasteiger partial charge in [-0.3, -0.25) is 4.79 Å². The summed E-state index contributed by atoms with van der Waals surface area (Å²) in [5.74, 6) is 0.283. The number of amides is 1. The Morgan fingerprint density at radius 3 is 2.24 bits per heavy atom. The van der Waals surface area contributed by atoms with Crippen molar-refractivity contribution in [3.05, 3.63) is 94.0 Å². The first-order valence-corrected chi connectivity index (χ1v) is 9.40. The molecule has 1 N–H and O–H groups in total. The standard InChI is InChI=1S/C22H17BrN2O4/c1-28-17-12-8-16(9-13-17)22(27)29-18-10-6-15(7-11-18)14-24-25-21(26)19-4-2-3-5-20(19)23/h2-14H,1H3,(H,25,26). The number of benzene rings is 3. The quantitative estimate of drug-likeness (QED) is 0.259. The molecule has 0 radical (unpaired) electrons. The molecule has 0 atom stereocenters. The van der Waals surface area contributed by atoms with E-state index in [-0.39, 0.29) is 5.91 Å². The molecule has 1 amide bonds. The molecule has 3 rings (SSSR count). The number of nitrogens with one attached hydrogen (secondary N) is 1. The van der Waals surface area contributed by atoms with Crippen LogP contribution in [0.15, 0.2) is 82.4 Å². The van der Waals surface area contributed by atoms with Crippen molar-refractivity contribution in [2.75, 3.05) is 7.11 Å². The van der Waals surface area contributed by atoms with Crippen LogP contribution in [0.3, 0.4) is 0 Å². The predicted octanol–water partition coefficient (Wildman–Crippen LogP) is 4.44. The number of carbonyl (C=O) groups is 2. The van der Waals surface area contributed by atoms with Crippen molar-refractivity contribution >= 4 is 34.0 Å². The van der Waals surface area contributed by atoms with Crippen LogP contribution in [0.2, 0.25) is 0 Å². The van der Waals surface area contributed by atoms with Gasteiger partial charge in [-0.05, 0) is 82.2 Å². The van der Waals surface area contributed by atoms with Gasteiger partial charge in [0.15, 0.2) is 0 Å². The molecule has 29 heavy (non-hydrogen) atoms. The third kappa shape index (κ3) is 5.52. The fourth-order valence-electron chi connectivity index (χ4n) is 2.39. The maximum absolute atomic E-state index is 12.2. The summed E-state index contributed by atoms with van der Waals surface area (Å²) in [6.07, 6.45) is 1.50. The molecule has 6 nitrogen and oxygen atoms in total. The van der Waals surface area contributed by atoms with Gasteiger partial charge in [-0.25, -0.2) is 10.2 Å². The van der Waals surface area contributed by atoms with Crippen molar-refractivity contribution in [2.24, 2.45) is 5.10 Å². The number of hydrogen-bond acceptors (Lipinski definition) is 5. The molecule has 0 aliphatic heterocycles. The van der Waals surface area contributed by atoms with Crippen LogP contribution in [0.1, 0.15) is 26.3 Å². The Labute approximate surface area is 176 Å². The zero-order valence-electron chi connectivity index (χ0n) is 15.5. The van der Waals surface area contributed by atoms with Gasteiger partial charge in [0.05, 0.1) is 24.5 Å². The first-order chi connectivity index (χ1) is 14.1. The van der Waals surface area contributed by atoms with Crippen LogP contribution in [0.25, 0.3) is 0 Å². The average Bonchev–Trinajstić information content (AvgIpc) is 2.75. The van der Waals surface area contributed by atoms with Gasteiger partial charge in [0.2, 0.25) is 0 Å². The Hall–Kier alpha value is -3.45. The third-order valence-corrected chi connectivity index (χ3v) is 4.61. The largest absolute Gasteiger partial charge is 0.497 e. The Morgan fingerprint density at radius 2 is 1.59 bits per heavy atom. The zero-order chi connectivity index (χ0) is 20.6. The van der Waals surface area contributed by atoms with Gasteiger partial charge in [-0.1, -0.05) is 12.1 Å². The summed E-state index contributed by atoms with van der Waals surface area (Å²) >= 11 is 3.32. The molecule has 0 fully saturated rings. The van der Waals surface area contributed by atoms with Crippen molar-refractivity contribution in [3.8, 4) is 11.5 Å². The lowest BCUT2D eigenvalue weighted by molar-refractivity contribution is 0.0734. The molecule has 0 saturated heterocycles. The van der Waals surface area contributed by atoms with Gasteiger partial charge in [-0.15, -0.1) is 0 Å². The van der Waals surface area contributed by atoms with Gasteiger partial charge < -0.3 is 9.47 Å². The van der Waals surface area contributed by atoms with E-state index < -0.39 is 5.97 Å². The molecule has 0 bridgehead atoms. The summed E-state index contributed by atoms with van der Waals surface area (Å²) in [5, 5.41) is 3.95. The van der Waals surface area contributed by atoms with Crippen LogP contribution in [0.5, 0.6) is 11.5 Å². The highest BCUT2D eigenvalue weighted by Crippen LogP contribution is 2.17. The zero-order valence-corrected chi connectivity index (χ0v) is 17.0. The molecule has 0 saturated carbocycles. The van der Waals surface area contributed by atoms with E-state index in [1.54, 1.807) is 73.8 Å². The first-order valence-electron chi connectivity index (χ1n) is 8.61. The molecule has 0 aromatic heterocycles. The minimum absolute atomic E-state index is 0.321. The van der Waals surface area contributed by atoms with E-state index in [0.29, 0.717) is 27.1 Å². The number of carbonyl (C=O) groups excluding carboxylic acids is 2. The normalized spacial score (nSPS) is 10.6. The summed E-state index contributed by atoms with van der Waals surface area (Å²) in [7, 11) is 1.56. The number of methoxy groups -OCH3 is 1. The van der Waals surface area contributed by atoms with Crippen LogP contribution in [-0.4, -0.2) is 25.2 Å². The number of halogens is 1. The highest BCUT2D eigenvalue weighted by molar-refractivity contribution is 9.10. The van der Waals surface area contributed by atoms with Gasteiger partial charge >= 0.3 is 5.97 Å². The minimum Gasteiger partial charge on any atom is -0.497 e. The third-order valence-electron chi connectivity index (χ3n) is 3.91. The summed E-state index contributed by atoms with van der Waals surface area (Å²) in [6, 6.07) is 20.5. The highest BCUT2D eigenvalue weighted by atomic mass is 79.9. The minimum atomic E-state index is -0.463. The Balaban J connectivity index is 1.56. The Kier molecular flexibility index (Phi) is 6.76. The summed E-state index contributed by atoms with van der Waals surface area (Å²) in [4.78, 5) is 24.3. The van der Waals surface area contributed by atoms with Crippen molar-refractivity contribution in [1.29, 1.82) is 0 Å². The van der Waals surface area contributed by atoms with Gasteiger partial charge in [0.1, 0.15) is 11.5 Å². The van der Waals surface area contributed by atoms with E-state index in [4.69, 9.17) is 9.47 Å². The van der Waals surface area contributed by atoms with E-state index >= 15 is 0 Å². The van der Waals surface area contributed by atoms with Crippen LogP contribution < -0.4 is 14.9 Å². The smallest absolute Gasteiger partial charge is 0.343 e. The van der Waals surface area contributed by atoms with Crippen molar-refractivity contribution < 1.29 is 19.1 Å². The Bertz CT molecular complexity index is 1030. The van der Waals surface area contributed by atoms with E-state index in [1.807, 2.05) is 6.07 Å². The van der Waals surface area contributed by atoms with Crippen molar-refractivity contribution in [3.63, 3.8) is 0 Å². The molecule has 0 unspecified atom stereocenters. The maximum atomic E-state index is 12.2. The van der Waals surface area contributed by atoms with Crippen LogP contribution >= 0.6 is 15.9 Å². The van der Waals surface area contributed by atoms with E-state index in [9.17, 15) is 9.59 Å². The number of ether oxygens (including phenoxy) is 2. The topological polar surface area (TPSA) is 77.0 Å². The average molecular weight is 453 g/mol. The Morgan fingerprint density at radius 1 is 0.931 bits per heavy atom. The molecule has 0 aliphatic rings. The number of rotatable bonds is 6. The predicted molar refractivity (Wildman–Crippen MR) is 114 cm³/mol. The van der Waals surface area contributed by atoms with Gasteiger partial charge in [-0.2, -0.15) is 5.10 Å². The summed E-state index contributed by atoms with van der Waals surface area (Å²) < 4.78 is 11.1. The van der Waals surface area contributed by atoms with Crippen molar-refractivity contribution in [1.82, 2.24) is 5.43 Å². The number of esters is 1. The number of hydrazone groups is 1. The molecule has 7 heteroatoms. The second-order valence-electron chi connectivity index (χ2n) is 5.87. The summed E-state index contributed by atoms with van der Waals surface area (Å²) in [5.41, 5.74) is 4.12. The first kappa shape index (κ1) is 20.3. The molecule has 3 aromatic carbocycles. The second kappa shape index (κ2) is 9.66. The second-order valence-corrected chi connectivity index (χ2v) is 6.72. The molecule has 146 valence electrons.